The molecule has 1 aliphatic heterocycles. The van der Waals surface area contributed by atoms with Gasteiger partial charge >= 0.3 is 27.1 Å². The topological polar surface area (TPSA) is 33.1 Å². The number of hydrogen-bond donors (Lipinski definition) is 0. The largest absolute Gasteiger partial charge is 2.00 e. The first kappa shape index (κ1) is 49.8. The van der Waals surface area contributed by atoms with Gasteiger partial charge in [0.25, 0.3) is 11.4 Å². The van der Waals surface area contributed by atoms with Crippen molar-refractivity contribution in [2.45, 2.75) is 52.4 Å². The van der Waals surface area contributed by atoms with Crippen molar-refractivity contribution in [3.05, 3.63) is 241 Å². The summed E-state index contributed by atoms with van der Waals surface area (Å²) in [5.74, 6) is 1.14. The van der Waals surface area contributed by atoms with Crippen LogP contribution in [-0.4, -0.2) is 15.6 Å². The molecule has 0 aliphatic carbocycles. The number of hydrogen-bond acceptors (Lipinski definition) is 2. The molecule has 0 saturated heterocycles. The molecule has 8 heteroatoms. The first-order chi connectivity index (χ1) is 36.2. The maximum absolute atomic E-state index is 14.7. The molecule has 5 nitrogen and oxygen atoms in total. The fourth-order valence-electron chi connectivity index (χ4n) is 10.2. The zero-order valence-corrected chi connectivity index (χ0v) is 45.2. The van der Waals surface area contributed by atoms with Crippen molar-refractivity contribution in [3.63, 3.8) is 0 Å². The molecule has 372 valence electrons. The summed E-state index contributed by atoms with van der Waals surface area (Å²) in [7, 11) is 0. The SMILES string of the molecule is CC(C)(C)c1ccnc(-n2c3[c-]c(Oc4[c-]c([N+]5=C=[N+](c6c(-c7ccc(F)cc7)cc(C(C)(C)C)cc6-c6ccc(F)cc6)c6ccccc65)cc(-c5ccccc5-c5ccccc5)c4)ccc3c3ccccc32)c1.[Pt+2]. The van der Waals surface area contributed by atoms with E-state index >= 15 is 0 Å². The molecule has 0 atom stereocenters. The van der Waals surface area contributed by atoms with Crippen LogP contribution < -0.4 is 13.9 Å². The van der Waals surface area contributed by atoms with Crippen molar-refractivity contribution in [1.29, 1.82) is 0 Å². The first-order valence-electron chi connectivity index (χ1n) is 25.2. The van der Waals surface area contributed by atoms with Crippen LogP contribution in [0.4, 0.5) is 31.5 Å². The van der Waals surface area contributed by atoms with Crippen LogP contribution >= 0.6 is 0 Å². The van der Waals surface area contributed by atoms with E-state index in [0.29, 0.717) is 17.2 Å². The van der Waals surface area contributed by atoms with Crippen LogP contribution in [0.25, 0.3) is 72.1 Å². The van der Waals surface area contributed by atoms with E-state index in [4.69, 9.17) is 9.72 Å². The van der Waals surface area contributed by atoms with Crippen molar-refractivity contribution in [1.82, 2.24) is 18.7 Å². The molecule has 2 aromatic heterocycles. The average molecular weight is 1170 g/mol. The van der Waals surface area contributed by atoms with Crippen molar-refractivity contribution in [2.24, 2.45) is 0 Å². The van der Waals surface area contributed by atoms with Crippen LogP contribution in [0.15, 0.2) is 206 Å². The van der Waals surface area contributed by atoms with Crippen LogP contribution in [0.2, 0.25) is 0 Å². The van der Waals surface area contributed by atoms with Crippen LogP contribution in [-0.2, 0) is 31.9 Å². The van der Waals surface area contributed by atoms with Gasteiger partial charge in [-0.2, -0.15) is 6.07 Å². The first-order valence-corrected chi connectivity index (χ1v) is 25.2. The molecule has 3 heterocycles. The summed E-state index contributed by atoms with van der Waals surface area (Å²) >= 11 is 0. The van der Waals surface area contributed by atoms with Gasteiger partial charge in [-0.15, -0.1) is 29.1 Å². The van der Waals surface area contributed by atoms with Gasteiger partial charge in [0, 0.05) is 35.3 Å². The third kappa shape index (κ3) is 9.32. The quantitative estimate of drug-likeness (QED) is 0.107. The van der Waals surface area contributed by atoms with Crippen molar-refractivity contribution in [3.8, 4) is 61.8 Å². The fourth-order valence-corrected chi connectivity index (χ4v) is 10.2. The van der Waals surface area contributed by atoms with Gasteiger partial charge in [0.2, 0.25) is 5.69 Å². The molecular formula is C68H52F2N4OPt+2. The van der Waals surface area contributed by atoms with Crippen LogP contribution in [0.5, 0.6) is 11.5 Å². The van der Waals surface area contributed by atoms with Gasteiger partial charge in [-0.25, -0.2) is 13.8 Å². The maximum atomic E-state index is 14.7. The fraction of sp³-hybridized carbons (Fsp3) is 0.118. The van der Waals surface area contributed by atoms with Gasteiger partial charge in [-0.1, -0.05) is 173 Å². The van der Waals surface area contributed by atoms with Gasteiger partial charge in [-0.05, 0) is 114 Å². The Morgan fingerprint density at radius 2 is 1.05 bits per heavy atom. The number of pyridine rings is 1. The van der Waals surface area contributed by atoms with E-state index in [9.17, 15) is 8.78 Å². The summed E-state index contributed by atoms with van der Waals surface area (Å²) < 4.78 is 42.7. The van der Waals surface area contributed by atoms with E-state index in [2.05, 4.69) is 190 Å². The zero-order valence-electron chi connectivity index (χ0n) is 42.9. The molecule has 0 unspecified atom stereocenters. The molecule has 11 aromatic rings. The maximum Gasteiger partial charge on any atom is 2.00 e. The molecule has 12 rings (SSSR count). The van der Waals surface area contributed by atoms with Gasteiger partial charge < -0.3 is 9.30 Å². The minimum absolute atomic E-state index is 0. The molecule has 0 spiro atoms. The van der Waals surface area contributed by atoms with Crippen LogP contribution in [0.1, 0.15) is 52.7 Å². The van der Waals surface area contributed by atoms with E-state index in [0.717, 1.165) is 94.8 Å². The molecule has 1 aliphatic rings. The Morgan fingerprint density at radius 3 is 1.70 bits per heavy atom. The van der Waals surface area contributed by atoms with E-state index in [1.165, 1.54) is 29.8 Å². The Balaban J connectivity index is 0.00000616. The number of aromatic nitrogens is 2. The monoisotopic (exact) mass is 1170 g/mol. The number of nitrogens with zero attached hydrogens (tertiary/aromatic N) is 4. The smallest absolute Gasteiger partial charge is 0.509 e. The predicted molar refractivity (Wildman–Crippen MR) is 303 cm³/mol. The van der Waals surface area contributed by atoms with Gasteiger partial charge in [-0.3, -0.25) is 0 Å². The normalized spacial score (nSPS) is 12.3. The zero-order chi connectivity index (χ0) is 51.6. The molecule has 0 radical (unpaired) electrons. The summed E-state index contributed by atoms with van der Waals surface area (Å²) in [5.41, 5.74) is 14.4. The van der Waals surface area contributed by atoms with E-state index in [1.807, 2.05) is 65.4 Å². The predicted octanol–water partition coefficient (Wildman–Crippen LogP) is 18.0. The summed E-state index contributed by atoms with van der Waals surface area (Å²) in [6, 6.07) is 76.6. The second kappa shape index (κ2) is 19.7. The Hall–Kier alpha value is -8.34. The van der Waals surface area contributed by atoms with E-state index < -0.39 is 0 Å². The summed E-state index contributed by atoms with van der Waals surface area (Å²) in [6.45, 7) is 13.2. The number of benzene rings is 9. The molecule has 0 fully saturated rings. The Bertz CT molecular complexity index is 4040. The number of rotatable bonds is 9. The number of halogens is 2. The molecule has 9 aromatic carbocycles. The Labute approximate surface area is 456 Å². The third-order valence-corrected chi connectivity index (χ3v) is 14.1. The van der Waals surface area contributed by atoms with Crippen molar-refractivity contribution < 1.29 is 34.6 Å². The van der Waals surface area contributed by atoms with Gasteiger partial charge in [0.1, 0.15) is 23.1 Å². The van der Waals surface area contributed by atoms with Crippen LogP contribution in [0.3, 0.4) is 0 Å². The third-order valence-electron chi connectivity index (χ3n) is 14.1. The second-order valence-corrected chi connectivity index (χ2v) is 21.2. The molecule has 0 N–H and O–H groups in total. The molecule has 0 amide bonds. The van der Waals surface area contributed by atoms with Gasteiger partial charge in [0.05, 0.1) is 11.1 Å². The minimum atomic E-state index is -0.327. The van der Waals surface area contributed by atoms with Gasteiger partial charge in [0.15, 0.2) is 0 Å². The van der Waals surface area contributed by atoms with E-state index in [1.54, 1.807) is 0 Å². The Kier molecular flexibility index (Phi) is 12.9. The minimum Gasteiger partial charge on any atom is -0.509 e. The van der Waals surface area contributed by atoms with Crippen LogP contribution in [0, 0.1) is 23.8 Å². The number of para-hydroxylation sites is 3. The summed E-state index contributed by atoms with van der Waals surface area (Å²) in [4.78, 5) is 4.91. The van der Waals surface area contributed by atoms with Crippen molar-refractivity contribution in [2.75, 3.05) is 0 Å². The molecular weight excluding hydrogens is 1120 g/mol. The molecule has 0 bridgehead atoms. The average Bonchev–Trinajstić information content (AvgIpc) is 4.01. The van der Waals surface area contributed by atoms with Crippen molar-refractivity contribution >= 4 is 50.6 Å². The summed E-state index contributed by atoms with van der Waals surface area (Å²) in [5, 5.41) is 2.12. The molecule has 76 heavy (non-hydrogen) atoms. The standard InChI is InChI=1S/C68H52F2N4O.Pt/c1-67(2,3)48-34-35-71-65(40-48)74-61-21-13-12-20-57(61)58-33-32-53(42-64(58)74)75-54-37-47(56-19-11-10-18-55(56)44-16-8-7-9-17-44)36-52(41-54)72-43-73(63-23-15-14-22-62(63)72)66-59(45-24-28-50(69)29-25-45)38-49(68(4,5)6)39-60(66)46-26-30-51(70)31-27-46;/h7-40H,1-6H3;/q;+2. The summed E-state index contributed by atoms with van der Waals surface area (Å²) in [6.07, 6.45) is 1.88. The molecule has 0 saturated carbocycles. The number of fused-ring (bicyclic) bond motifs is 4. The number of ether oxygens (including phenoxy) is 1. The van der Waals surface area contributed by atoms with E-state index in [-0.39, 0.29) is 43.5 Å². The Morgan fingerprint density at radius 1 is 0.487 bits per heavy atom. The second-order valence-electron chi connectivity index (χ2n) is 21.2.